The lowest BCUT2D eigenvalue weighted by Gasteiger charge is -2.09. The Morgan fingerprint density at radius 3 is 2.77 bits per heavy atom. The van der Waals surface area contributed by atoms with Gasteiger partial charge in [0.05, 0.1) is 10.6 Å². The summed E-state index contributed by atoms with van der Waals surface area (Å²) in [5.41, 5.74) is 2.14. The van der Waals surface area contributed by atoms with Gasteiger partial charge in [0, 0.05) is 22.2 Å². The summed E-state index contributed by atoms with van der Waals surface area (Å²) in [4.78, 5) is 16.3. The number of nitrogens with two attached hydrogens (primary N) is 1. The van der Waals surface area contributed by atoms with Gasteiger partial charge >= 0.3 is 0 Å². The Bertz CT molecular complexity index is 944. The maximum absolute atomic E-state index is 12.3. The number of thiazole rings is 1. The molecule has 0 radical (unpaired) electrons. The molecule has 0 aliphatic carbocycles. The van der Waals surface area contributed by atoms with Crippen LogP contribution in [-0.2, 0) is 11.3 Å². The Balaban J connectivity index is 1.75. The van der Waals surface area contributed by atoms with E-state index in [-0.39, 0.29) is 5.71 Å². The van der Waals surface area contributed by atoms with Crippen molar-refractivity contribution >= 4 is 57.0 Å². The molecule has 0 atom stereocenters. The van der Waals surface area contributed by atoms with Gasteiger partial charge in [-0.3, -0.25) is 15.5 Å². The number of amides is 1. The summed E-state index contributed by atoms with van der Waals surface area (Å²) in [6.07, 6.45) is 1.60. The molecule has 0 fully saturated rings. The molecule has 0 unspecified atom stereocenters. The zero-order valence-corrected chi connectivity index (χ0v) is 15.8. The second-order valence-corrected chi connectivity index (χ2v) is 7.14. The summed E-state index contributed by atoms with van der Waals surface area (Å²) in [5.74, 6) is -0.495. The second-order valence-electron chi connectivity index (χ2n) is 5.40. The van der Waals surface area contributed by atoms with E-state index in [0.717, 1.165) is 11.3 Å². The number of carbonyl (C=O) groups is 1. The van der Waals surface area contributed by atoms with Crippen LogP contribution >= 0.6 is 34.5 Å². The molecule has 0 saturated heterocycles. The molecule has 4 N–H and O–H groups in total. The lowest BCUT2D eigenvalue weighted by atomic mass is 10.1. The summed E-state index contributed by atoms with van der Waals surface area (Å²) in [6, 6.07) is 12.6. The van der Waals surface area contributed by atoms with Gasteiger partial charge in [0.1, 0.15) is 17.9 Å². The molecule has 3 aromatic rings. The van der Waals surface area contributed by atoms with Crippen LogP contribution in [0.25, 0.3) is 0 Å². The van der Waals surface area contributed by atoms with Crippen LogP contribution < -0.4 is 10.6 Å². The summed E-state index contributed by atoms with van der Waals surface area (Å²) in [7, 11) is 0. The van der Waals surface area contributed by atoms with Crippen LogP contribution in [0.1, 0.15) is 11.1 Å². The number of carbonyl (C=O) groups excluding carboxylic acids is 1. The average molecular weight is 406 g/mol. The number of anilines is 1. The zero-order valence-electron chi connectivity index (χ0n) is 13.5. The van der Waals surface area contributed by atoms with E-state index in [9.17, 15) is 4.79 Å². The van der Waals surface area contributed by atoms with Crippen LogP contribution in [0.2, 0.25) is 10.0 Å². The van der Waals surface area contributed by atoms with Gasteiger partial charge < -0.3 is 5.32 Å². The topological polar surface area (TPSA) is 82.5 Å². The molecule has 0 aliphatic rings. The van der Waals surface area contributed by atoms with Gasteiger partial charge in [-0.15, -0.1) is 11.3 Å². The quantitative estimate of drug-likeness (QED) is 0.429. The van der Waals surface area contributed by atoms with Gasteiger partial charge in [0.2, 0.25) is 0 Å². The van der Waals surface area contributed by atoms with Crippen LogP contribution in [0.15, 0.2) is 54.0 Å². The Kier molecular flexibility index (Phi) is 6.00. The SMILES string of the molecule is N=C(C(=O)Nc1nccs1)c1ccccc1[NH2+]Cc1ccc(Cl)cc1Cl. The van der Waals surface area contributed by atoms with Crippen molar-refractivity contribution < 1.29 is 10.1 Å². The molecule has 2 aromatic carbocycles. The third kappa shape index (κ3) is 4.47. The third-order valence-corrected chi connectivity index (χ3v) is 4.94. The normalized spacial score (nSPS) is 10.5. The Labute approximate surface area is 164 Å². The minimum atomic E-state index is -0.495. The molecule has 0 bridgehead atoms. The second kappa shape index (κ2) is 8.42. The number of hydrogen-bond acceptors (Lipinski definition) is 4. The highest BCUT2D eigenvalue weighted by Crippen LogP contribution is 2.20. The third-order valence-electron chi connectivity index (χ3n) is 3.67. The van der Waals surface area contributed by atoms with Crippen LogP contribution in [0.5, 0.6) is 0 Å². The smallest absolute Gasteiger partial charge is 0.276 e. The van der Waals surface area contributed by atoms with Gasteiger partial charge in [0.15, 0.2) is 5.13 Å². The fraction of sp³-hybridized carbons (Fsp3) is 0.0556. The number of para-hydroxylation sites is 1. The van der Waals surface area contributed by atoms with Crippen LogP contribution in [-0.4, -0.2) is 16.6 Å². The number of hydrogen-bond donors (Lipinski definition) is 3. The van der Waals surface area contributed by atoms with E-state index in [1.807, 2.05) is 23.5 Å². The molecular formula is C18H15Cl2N4OS+. The number of quaternary nitrogens is 1. The first-order chi connectivity index (χ1) is 12.5. The Morgan fingerprint density at radius 1 is 1.23 bits per heavy atom. The van der Waals surface area contributed by atoms with Crippen molar-refractivity contribution in [3.8, 4) is 0 Å². The molecule has 5 nitrogen and oxygen atoms in total. The van der Waals surface area contributed by atoms with Crippen LogP contribution in [0.4, 0.5) is 10.8 Å². The molecule has 1 aromatic heterocycles. The highest BCUT2D eigenvalue weighted by atomic mass is 35.5. The van der Waals surface area contributed by atoms with E-state index in [4.69, 9.17) is 28.6 Å². The van der Waals surface area contributed by atoms with Gasteiger partial charge in [-0.05, 0) is 24.3 Å². The molecule has 0 saturated carbocycles. The molecule has 26 heavy (non-hydrogen) atoms. The highest BCUT2D eigenvalue weighted by molar-refractivity contribution is 7.13. The van der Waals surface area contributed by atoms with E-state index >= 15 is 0 Å². The van der Waals surface area contributed by atoms with Gasteiger partial charge in [-0.25, -0.2) is 4.98 Å². The number of aromatic nitrogens is 1. The zero-order chi connectivity index (χ0) is 18.5. The summed E-state index contributed by atoms with van der Waals surface area (Å²) in [6.45, 7) is 0.564. The van der Waals surface area contributed by atoms with E-state index in [1.165, 1.54) is 11.3 Å². The first-order valence-corrected chi connectivity index (χ1v) is 9.34. The molecule has 132 valence electrons. The molecular weight excluding hydrogens is 391 g/mol. The van der Waals surface area contributed by atoms with Crippen LogP contribution in [0.3, 0.4) is 0 Å². The Morgan fingerprint density at radius 2 is 2.04 bits per heavy atom. The largest absolute Gasteiger partial charge is 0.309 e. The first-order valence-electron chi connectivity index (χ1n) is 7.70. The summed E-state index contributed by atoms with van der Waals surface area (Å²) in [5, 5.41) is 16.2. The molecule has 3 rings (SSSR count). The fourth-order valence-corrected chi connectivity index (χ4v) is 3.39. The number of nitrogens with zero attached hydrogens (tertiary/aromatic N) is 1. The van der Waals surface area contributed by atoms with E-state index in [2.05, 4.69) is 10.3 Å². The number of benzene rings is 2. The first kappa shape index (κ1) is 18.5. The predicted molar refractivity (Wildman–Crippen MR) is 106 cm³/mol. The molecule has 0 aliphatic heterocycles. The molecule has 0 spiro atoms. The maximum atomic E-state index is 12.3. The highest BCUT2D eigenvalue weighted by Gasteiger charge is 2.18. The fourth-order valence-electron chi connectivity index (χ4n) is 2.38. The van der Waals surface area contributed by atoms with Gasteiger partial charge in [-0.2, -0.15) is 0 Å². The van der Waals surface area contributed by atoms with Gasteiger partial charge in [0.25, 0.3) is 5.91 Å². The van der Waals surface area contributed by atoms with E-state index in [0.29, 0.717) is 27.3 Å². The van der Waals surface area contributed by atoms with Crippen molar-refractivity contribution in [2.24, 2.45) is 0 Å². The molecule has 1 amide bonds. The monoisotopic (exact) mass is 405 g/mol. The predicted octanol–water partition coefficient (Wildman–Crippen LogP) is 3.85. The van der Waals surface area contributed by atoms with Crippen molar-refractivity contribution in [2.75, 3.05) is 5.32 Å². The van der Waals surface area contributed by atoms with Crippen molar-refractivity contribution in [3.63, 3.8) is 0 Å². The Hall–Kier alpha value is -2.25. The van der Waals surface area contributed by atoms with Crippen molar-refractivity contribution in [1.29, 1.82) is 5.41 Å². The van der Waals surface area contributed by atoms with Crippen molar-refractivity contribution in [1.82, 2.24) is 4.98 Å². The summed E-state index contributed by atoms with van der Waals surface area (Å²) >= 11 is 13.4. The number of halogens is 2. The van der Waals surface area contributed by atoms with E-state index < -0.39 is 5.91 Å². The van der Waals surface area contributed by atoms with Gasteiger partial charge in [-0.1, -0.05) is 41.4 Å². The number of nitrogens with one attached hydrogen (secondary N) is 2. The molecule has 1 heterocycles. The van der Waals surface area contributed by atoms with Crippen molar-refractivity contribution in [3.05, 3.63) is 75.2 Å². The molecule has 8 heteroatoms. The van der Waals surface area contributed by atoms with Crippen LogP contribution in [0, 0.1) is 5.41 Å². The number of rotatable bonds is 6. The maximum Gasteiger partial charge on any atom is 0.276 e. The summed E-state index contributed by atoms with van der Waals surface area (Å²) < 4.78 is 0. The standard InChI is InChI=1S/C18H14Cl2N4OS/c19-12-6-5-11(14(20)9-12)10-23-15-4-2-1-3-13(15)16(21)17(25)24-18-22-7-8-26-18/h1-9,21,23H,10H2,(H,22,24,25)/p+1. The lowest BCUT2D eigenvalue weighted by molar-refractivity contribution is -0.588. The minimum absolute atomic E-state index is 0.116. The minimum Gasteiger partial charge on any atom is -0.309 e. The lowest BCUT2D eigenvalue weighted by Crippen LogP contribution is -2.76. The van der Waals surface area contributed by atoms with E-state index in [1.54, 1.807) is 35.8 Å². The average Bonchev–Trinajstić information content (AvgIpc) is 3.13. The van der Waals surface area contributed by atoms with Crippen molar-refractivity contribution in [2.45, 2.75) is 6.54 Å².